The van der Waals surface area contributed by atoms with Gasteiger partial charge in [0, 0.05) is 10.4 Å². The molecule has 2 heterocycles. The number of imide groups is 1. The molecule has 0 bridgehead atoms. The quantitative estimate of drug-likeness (QED) is 0.541. The minimum absolute atomic E-state index is 0.111. The summed E-state index contributed by atoms with van der Waals surface area (Å²) in [4.78, 5) is 43.0. The number of nitrogens with zero attached hydrogens (tertiary/aromatic N) is 3. The lowest BCUT2D eigenvalue weighted by molar-refractivity contribution is -0.122. The number of hydrogen-bond acceptors (Lipinski definition) is 6. The molecule has 160 valence electrons. The third kappa shape index (κ3) is 4.11. The molecule has 4 rings (SSSR count). The molecule has 0 N–H and O–H groups in total. The fourth-order valence-corrected chi connectivity index (χ4v) is 4.33. The normalized spacial score (nSPS) is 15.5. The van der Waals surface area contributed by atoms with E-state index in [1.165, 1.54) is 23.3 Å². The summed E-state index contributed by atoms with van der Waals surface area (Å²) in [7, 11) is 1.52. The topological polar surface area (TPSA) is 90.7 Å². The molecule has 3 aromatic rings. The zero-order valence-electron chi connectivity index (χ0n) is 17.2. The molecule has 0 saturated carbocycles. The van der Waals surface area contributed by atoms with Crippen LogP contribution in [-0.2, 0) is 16.1 Å². The second-order valence-corrected chi connectivity index (χ2v) is 8.22. The fourth-order valence-electron chi connectivity index (χ4n) is 3.63. The standard InChI is InChI=1S/C24H19N3O4S/c1-31-19-5-2-4-17(12-19)23(29)26(15-20-6-3-11-32-20)21-13-22(28)27(24(21)30)18-9-7-16(14-25)8-10-18/h2-12,21H,13,15H2,1H3. The van der Waals surface area contributed by atoms with Gasteiger partial charge in [-0.3, -0.25) is 14.4 Å². The zero-order valence-corrected chi connectivity index (χ0v) is 18.0. The smallest absolute Gasteiger partial charge is 0.257 e. The molecule has 0 radical (unpaired) electrons. The monoisotopic (exact) mass is 445 g/mol. The van der Waals surface area contributed by atoms with Gasteiger partial charge in [0.05, 0.1) is 37.4 Å². The zero-order chi connectivity index (χ0) is 22.7. The Morgan fingerprint density at radius 1 is 1.19 bits per heavy atom. The molecule has 0 spiro atoms. The van der Waals surface area contributed by atoms with Crippen LogP contribution in [0.15, 0.2) is 66.0 Å². The fraction of sp³-hybridized carbons (Fsp3) is 0.167. The number of hydrogen-bond donors (Lipinski definition) is 0. The Kier molecular flexibility index (Phi) is 6.01. The van der Waals surface area contributed by atoms with E-state index in [0.29, 0.717) is 22.6 Å². The van der Waals surface area contributed by atoms with Crippen molar-refractivity contribution >= 4 is 34.7 Å². The van der Waals surface area contributed by atoms with Crippen LogP contribution in [0.2, 0.25) is 0 Å². The molecule has 7 nitrogen and oxygen atoms in total. The van der Waals surface area contributed by atoms with E-state index in [0.717, 1.165) is 9.78 Å². The van der Waals surface area contributed by atoms with Gasteiger partial charge >= 0.3 is 0 Å². The number of nitriles is 1. The number of carbonyl (C=O) groups excluding carboxylic acids is 3. The molecule has 0 aliphatic carbocycles. The number of anilines is 1. The van der Waals surface area contributed by atoms with Gasteiger partial charge in [-0.15, -0.1) is 11.3 Å². The lowest BCUT2D eigenvalue weighted by atomic mass is 10.1. The minimum Gasteiger partial charge on any atom is -0.497 e. The first kappa shape index (κ1) is 21.3. The molecule has 1 unspecified atom stereocenters. The molecule has 8 heteroatoms. The summed E-state index contributed by atoms with van der Waals surface area (Å²) < 4.78 is 5.23. The number of benzene rings is 2. The van der Waals surface area contributed by atoms with Crippen molar-refractivity contribution in [2.75, 3.05) is 12.0 Å². The average molecular weight is 446 g/mol. The number of ether oxygens (including phenoxy) is 1. The second kappa shape index (κ2) is 9.04. The first-order chi connectivity index (χ1) is 15.5. The van der Waals surface area contributed by atoms with Gasteiger partial charge in [0.15, 0.2) is 0 Å². The number of methoxy groups -OCH3 is 1. The van der Waals surface area contributed by atoms with Crippen LogP contribution in [-0.4, -0.2) is 35.8 Å². The largest absolute Gasteiger partial charge is 0.497 e. The summed E-state index contributed by atoms with van der Waals surface area (Å²) in [6.07, 6.45) is -0.111. The van der Waals surface area contributed by atoms with E-state index in [4.69, 9.17) is 10.00 Å². The van der Waals surface area contributed by atoms with Crippen molar-refractivity contribution in [3.05, 3.63) is 82.0 Å². The van der Waals surface area contributed by atoms with Gasteiger partial charge in [0.25, 0.3) is 11.8 Å². The Morgan fingerprint density at radius 3 is 2.62 bits per heavy atom. The molecule has 1 aliphatic rings. The third-order valence-corrected chi connectivity index (χ3v) is 6.10. The Labute approximate surface area is 189 Å². The van der Waals surface area contributed by atoms with E-state index < -0.39 is 11.9 Å². The maximum Gasteiger partial charge on any atom is 0.257 e. The van der Waals surface area contributed by atoms with Gasteiger partial charge in [-0.1, -0.05) is 12.1 Å². The van der Waals surface area contributed by atoms with E-state index in [1.807, 2.05) is 23.6 Å². The Morgan fingerprint density at radius 2 is 1.97 bits per heavy atom. The summed E-state index contributed by atoms with van der Waals surface area (Å²) in [6.45, 7) is 0.207. The summed E-state index contributed by atoms with van der Waals surface area (Å²) in [5.74, 6) is -0.683. The predicted octanol–water partition coefficient (Wildman–Crippen LogP) is 3.60. The average Bonchev–Trinajstić information content (AvgIpc) is 3.44. The maximum atomic E-state index is 13.5. The Balaban J connectivity index is 1.67. The summed E-state index contributed by atoms with van der Waals surface area (Å²) in [5, 5.41) is 10.9. The molecule has 1 aliphatic heterocycles. The molecule has 3 amide bonds. The molecule has 1 saturated heterocycles. The number of amides is 3. The van der Waals surface area contributed by atoms with Gasteiger partial charge in [-0.2, -0.15) is 5.26 Å². The Bertz CT molecular complexity index is 1200. The highest BCUT2D eigenvalue weighted by Crippen LogP contribution is 2.29. The van der Waals surface area contributed by atoms with E-state index in [2.05, 4.69) is 0 Å². The van der Waals surface area contributed by atoms with Gasteiger partial charge in [-0.05, 0) is 53.9 Å². The molecule has 32 heavy (non-hydrogen) atoms. The van der Waals surface area contributed by atoms with E-state index >= 15 is 0 Å². The molecular weight excluding hydrogens is 426 g/mol. The molecule has 1 fully saturated rings. The SMILES string of the molecule is COc1cccc(C(=O)N(Cc2cccs2)C2CC(=O)N(c3ccc(C#N)cc3)C2=O)c1. The minimum atomic E-state index is -0.932. The van der Waals surface area contributed by atoms with Crippen LogP contribution in [0.1, 0.15) is 27.2 Å². The van der Waals surface area contributed by atoms with E-state index in [9.17, 15) is 14.4 Å². The van der Waals surface area contributed by atoms with Gasteiger partial charge in [0.1, 0.15) is 11.8 Å². The first-order valence-corrected chi connectivity index (χ1v) is 10.7. The van der Waals surface area contributed by atoms with Crippen molar-refractivity contribution in [1.29, 1.82) is 5.26 Å². The molecular formula is C24H19N3O4S. The van der Waals surface area contributed by atoms with Crippen molar-refractivity contribution in [3.8, 4) is 11.8 Å². The van der Waals surface area contributed by atoms with Gasteiger partial charge < -0.3 is 9.64 Å². The highest BCUT2D eigenvalue weighted by atomic mass is 32.1. The predicted molar refractivity (Wildman–Crippen MR) is 119 cm³/mol. The summed E-state index contributed by atoms with van der Waals surface area (Å²) >= 11 is 1.47. The van der Waals surface area contributed by atoms with Crippen molar-refractivity contribution in [1.82, 2.24) is 4.90 Å². The van der Waals surface area contributed by atoms with Crippen LogP contribution < -0.4 is 9.64 Å². The summed E-state index contributed by atoms with van der Waals surface area (Å²) in [5.41, 5.74) is 1.18. The van der Waals surface area contributed by atoms with Gasteiger partial charge in [-0.25, -0.2) is 4.90 Å². The second-order valence-electron chi connectivity index (χ2n) is 7.19. The van der Waals surface area contributed by atoms with Crippen molar-refractivity contribution in [2.45, 2.75) is 19.0 Å². The molecule has 1 atom stereocenters. The summed E-state index contributed by atoms with van der Waals surface area (Å²) in [6, 6.07) is 17.8. The lowest BCUT2D eigenvalue weighted by Crippen LogP contribution is -2.45. The Hall–Kier alpha value is -3.96. The highest BCUT2D eigenvalue weighted by molar-refractivity contribution is 7.09. The lowest BCUT2D eigenvalue weighted by Gasteiger charge is -2.27. The van der Waals surface area contributed by atoms with Gasteiger partial charge in [0.2, 0.25) is 5.91 Å². The number of carbonyl (C=O) groups is 3. The van der Waals surface area contributed by atoms with Crippen LogP contribution in [0.5, 0.6) is 5.75 Å². The van der Waals surface area contributed by atoms with E-state index in [1.54, 1.807) is 48.5 Å². The van der Waals surface area contributed by atoms with E-state index in [-0.39, 0.29) is 24.8 Å². The van der Waals surface area contributed by atoms with Crippen LogP contribution >= 0.6 is 11.3 Å². The van der Waals surface area contributed by atoms with Crippen molar-refractivity contribution in [2.24, 2.45) is 0 Å². The highest BCUT2D eigenvalue weighted by Gasteiger charge is 2.44. The van der Waals surface area contributed by atoms with Crippen LogP contribution in [0.3, 0.4) is 0 Å². The third-order valence-electron chi connectivity index (χ3n) is 5.24. The number of thiophene rings is 1. The van der Waals surface area contributed by atoms with Crippen molar-refractivity contribution in [3.63, 3.8) is 0 Å². The van der Waals surface area contributed by atoms with Crippen LogP contribution in [0, 0.1) is 11.3 Å². The number of rotatable bonds is 6. The van der Waals surface area contributed by atoms with Crippen molar-refractivity contribution < 1.29 is 19.1 Å². The first-order valence-electron chi connectivity index (χ1n) is 9.86. The van der Waals surface area contributed by atoms with Crippen LogP contribution in [0.25, 0.3) is 0 Å². The maximum absolute atomic E-state index is 13.5. The van der Waals surface area contributed by atoms with Crippen LogP contribution in [0.4, 0.5) is 5.69 Å². The molecule has 2 aromatic carbocycles. The molecule has 1 aromatic heterocycles.